The van der Waals surface area contributed by atoms with Crippen molar-refractivity contribution < 1.29 is 4.79 Å². The van der Waals surface area contributed by atoms with Gasteiger partial charge < -0.3 is 16.8 Å². The molecule has 2 atom stereocenters. The lowest BCUT2D eigenvalue weighted by Crippen LogP contribution is -2.27. The van der Waals surface area contributed by atoms with Gasteiger partial charge in [0.25, 0.3) is 0 Å². The summed E-state index contributed by atoms with van der Waals surface area (Å²) in [5.41, 5.74) is 16.8. The molecule has 2 unspecified atom stereocenters. The number of fused-ring (bicyclic) bond motifs is 1. The van der Waals surface area contributed by atoms with Crippen LogP contribution >= 0.6 is 0 Å². The fourth-order valence-electron chi connectivity index (χ4n) is 3.65. The molecule has 1 amide bonds. The van der Waals surface area contributed by atoms with E-state index in [0.29, 0.717) is 11.8 Å². The van der Waals surface area contributed by atoms with E-state index < -0.39 is 5.41 Å². The highest BCUT2D eigenvalue weighted by molar-refractivity contribution is 6.05. The molecule has 0 aromatic heterocycles. The summed E-state index contributed by atoms with van der Waals surface area (Å²) in [5, 5.41) is 3.02. The van der Waals surface area contributed by atoms with Gasteiger partial charge in [0.05, 0.1) is 5.41 Å². The van der Waals surface area contributed by atoms with Crippen molar-refractivity contribution in [2.45, 2.75) is 57.0 Å². The molecule has 3 aliphatic rings. The molecule has 0 spiro atoms. The number of rotatable bonds is 4. The summed E-state index contributed by atoms with van der Waals surface area (Å²) in [7, 11) is 0. The summed E-state index contributed by atoms with van der Waals surface area (Å²) in [6, 6.07) is 4.36. The Balaban J connectivity index is 1.83. The molecule has 4 heteroatoms. The van der Waals surface area contributed by atoms with Crippen molar-refractivity contribution in [3.05, 3.63) is 28.8 Å². The number of nitrogens with one attached hydrogen (secondary N) is 1. The number of nitrogens with two attached hydrogens (primary N) is 2. The van der Waals surface area contributed by atoms with Crippen LogP contribution < -0.4 is 16.8 Å². The Kier molecular flexibility index (Phi) is 2.94. The van der Waals surface area contributed by atoms with E-state index in [4.69, 9.17) is 11.5 Å². The Morgan fingerprint density at radius 3 is 2.05 bits per heavy atom. The van der Waals surface area contributed by atoms with Crippen LogP contribution in [0.3, 0.4) is 0 Å². The van der Waals surface area contributed by atoms with Gasteiger partial charge in [-0.25, -0.2) is 0 Å². The highest BCUT2D eigenvalue weighted by atomic mass is 16.2. The summed E-state index contributed by atoms with van der Waals surface area (Å²) in [4.78, 5) is 12.2. The predicted octanol–water partition coefficient (Wildman–Crippen LogP) is 2.74. The molecule has 0 bridgehead atoms. The minimum Gasteiger partial charge on any atom is -0.325 e. The van der Waals surface area contributed by atoms with Gasteiger partial charge in [0.1, 0.15) is 0 Å². The van der Waals surface area contributed by atoms with Crippen molar-refractivity contribution in [1.29, 1.82) is 0 Å². The quantitative estimate of drug-likeness (QED) is 0.799. The van der Waals surface area contributed by atoms with Gasteiger partial charge in [-0.2, -0.15) is 0 Å². The second-order valence-corrected chi connectivity index (χ2v) is 7.83. The Morgan fingerprint density at radius 1 is 1.05 bits per heavy atom. The smallest absolute Gasteiger partial charge is 0.234 e. The normalized spacial score (nSPS) is 25.5. The Bertz CT molecular complexity index is 644. The molecule has 1 aromatic carbocycles. The molecule has 1 aromatic rings. The van der Waals surface area contributed by atoms with E-state index in [2.05, 4.69) is 17.4 Å². The van der Waals surface area contributed by atoms with Crippen LogP contribution in [0.2, 0.25) is 0 Å². The van der Waals surface area contributed by atoms with Crippen molar-refractivity contribution in [3.8, 4) is 0 Å². The first-order valence-corrected chi connectivity index (χ1v) is 8.40. The maximum atomic E-state index is 12.2. The van der Waals surface area contributed by atoms with Crippen molar-refractivity contribution in [1.82, 2.24) is 0 Å². The van der Waals surface area contributed by atoms with Crippen LogP contribution in [0.1, 0.15) is 68.3 Å². The van der Waals surface area contributed by atoms with Gasteiger partial charge in [0.15, 0.2) is 0 Å². The number of amides is 1. The predicted molar refractivity (Wildman–Crippen MR) is 87.4 cm³/mol. The van der Waals surface area contributed by atoms with Crippen LogP contribution in [-0.2, 0) is 10.2 Å². The van der Waals surface area contributed by atoms with E-state index >= 15 is 0 Å². The van der Waals surface area contributed by atoms with E-state index in [0.717, 1.165) is 16.8 Å². The van der Waals surface area contributed by atoms with Gasteiger partial charge in [-0.3, -0.25) is 4.79 Å². The summed E-state index contributed by atoms with van der Waals surface area (Å²) < 4.78 is 0. The number of hydrogen-bond acceptors (Lipinski definition) is 3. The highest BCUT2D eigenvalue weighted by Crippen LogP contribution is 2.48. The minimum absolute atomic E-state index is 0.0470. The average molecular weight is 299 g/mol. The molecule has 2 saturated carbocycles. The Labute approximate surface area is 131 Å². The summed E-state index contributed by atoms with van der Waals surface area (Å²) >= 11 is 0. The molecule has 118 valence electrons. The second kappa shape index (κ2) is 4.56. The highest BCUT2D eigenvalue weighted by Gasteiger charge is 2.42. The molecule has 4 nitrogen and oxygen atoms in total. The SMILES string of the molecule is CC1(C)C(=O)Nc2cc(C(N)C3CC3)c(C(N)C3CC3)cc21. The first kappa shape index (κ1) is 14.2. The van der Waals surface area contributed by atoms with Crippen molar-refractivity contribution in [2.75, 3.05) is 5.32 Å². The van der Waals surface area contributed by atoms with Gasteiger partial charge in [-0.05, 0) is 74.1 Å². The monoisotopic (exact) mass is 299 g/mol. The first-order valence-electron chi connectivity index (χ1n) is 8.40. The standard InChI is InChI=1S/C18H25N3O/c1-18(2)13-7-11(15(19)9-3-4-9)12(16(20)10-5-6-10)8-14(13)21-17(18)22/h7-10,15-16H,3-6,19-20H2,1-2H3,(H,21,22). The maximum Gasteiger partial charge on any atom is 0.234 e. The molecular weight excluding hydrogens is 274 g/mol. The number of carbonyl (C=O) groups is 1. The maximum absolute atomic E-state index is 12.2. The van der Waals surface area contributed by atoms with Crippen LogP contribution in [0.5, 0.6) is 0 Å². The van der Waals surface area contributed by atoms with Crippen LogP contribution in [0, 0.1) is 11.8 Å². The van der Waals surface area contributed by atoms with Gasteiger partial charge >= 0.3 is 0 Å². The van der Waals surface area contributed by atoms with Crippen LogP contribution in [-0.4, -0.2) is 5.91 Å². The van der Waals surface area contributed by atoms with E-state index in [1.54, 1.807) is 0 Å². The zero-order valence-electron chi connectivity index (χ0n) is 13.4. The molecule has 1 aliphatic heterocycles. The van der Waals surface area contributed by atoms with Crippen LogP contribution in [0.4, 0.5) is 5.69 Å². The molecule has 1 heterocycles. The Hall–Kier alpha value is -1.39. The van der Waals surface area contributed by atoms with Crippen molar-refractivity contribution >= 4 is 11.6 Å². The summed E-state index contributed by atoms with van der Waals surface area (Å²) in [6.45, 7) is 3.95. The van der Waals surface area contributed by atoms with E-state index in [1.807, 2.05) is 13.8 Å². The number of hydrogen-bond donors (Lipinski definition) is 3. The lowest BCUT2D eigenvalue weighted by Gasteiger charge is -2.24. The molecular formula is C18H25N3O. The van der Waals surface area contributed by atoms with Gasteiger partial charge in [-0.15, -0.1) is 0 Å². The van der Waals surface area contributed by atoms with E-state index in [9.17, 15) is 4.79 Å². The fraction of sp³-hybridized carbons (Fsp3) is 0.611. The van der Waals surface area contributed by atoms with Crippen molar-refractivity contribution in [3.63, 3.8) is 0 Å². The fourth-order valence-corrected chi connectivity index (χ4v) is 3.65. The third-order valence-electron chi connectivity index (χ3n) is 5.69. The van der Waals surface area contributed by atoms with E-state index in [-0.39, 0.29) is 18.0 Å². The molecule has 5 N–H and O–H groups in total. The lowest BCUT2D eigenvalue weighted by atomic mass is 9.81. The van der Waals surface area contributed by atoms with Gasteiger partial charge in [0.2, 0.25) is 5.91 Å². The third kappa shape index (κ3) is 2.09. The minimum atomic E-state index is -0.491. The topological polar surface area (TPSA) is 81.1 Å². The molecule has 0 radical (unpaired) electrons. The third-order valence-corrected chi connectivity index (χ3v) is 5.69. The zero-order valence-corrected chi connectivity index (χ0v) is 13.4. The lowest BCUT2D eigenvalue weighted by molar-refractivity contribution is -0.119. The molecule has 4 rings (SSSR count). The first-order chi connectivity index (χ1) is 10.4. The molecule has 2 fully saturated rings. The van der Waals surface area contributed by atoms with E-state index in [1.165, 1.54) is 31.2 Å². The number of carbonyl (C=O) groups excluding carboxylic acids is 1. The number of anilines is 1. The summed E-state index contributed by atoms with van der Waals surface area (Å²) in [5.74, 6) is 1.22. The summed E-state index contributed by atoms with van der Waals surface area (Å²) in [6.07, 6.45) is 4.82. The van der Waals surface area contributed by atoms with Crippen molar-refractivity contribution in [2.24, 2.45) is 23.3 Å². The number of benzene rings is 1. The zero-order chi connectivity index (χ0) is 15.6. The largest absolute Gasteiger partial charge is 0.325 e. The molecule has 22 heavy (non-hydrogen) atoms. The van der Waals surface area contributed by atoms with Crippen LogP contribution in [0.25, 0.3) is 0 Å². The van der Waals surface area contributed by atoms with Gasteiger partial charge in [0, 0.05) is 17.8 Å². The molecule has 0 saturated heterocycles. The molecule has 2 aliphatic carbocycles. The Morgan fingerprint density at radius 2 is 1.55 bits per heavy atom. The average Bonchev–Trinajstić information content (AvgIpc) is 3.37. The van der Waals surface area contributed by atoms with Crippen LogP contribution in [0.15, 0.2) is 12.1 Å². The van der Waals surface area contributed by atoms with Gasteiger partial charge in [-0.1, -0.05) is 6.07 Å². The second-order valence-electron chi connectivity index (χ2n) is 7.83.